The van der Waals surface area contributed by atoms with Gasteiger partial charge in [0.2, 0.25) is 0 Å². The molecule has 0 spiro atoms. The summed E-state index contributed by atoms with van der Waals surface area (Å²) < 4.78 is 25.9. The summed E-state index contributed by atoms with van der Waals surface area (Å²) in [5.41, 5.74) is 0.406. The molecule has 1 atom stereocenters. The molecule has 2 aromatic rings. The van der Waals surface area contributed by atoms with Crippen LogP contribution >= 0.6 is 0 Å². The van der Waals surface area contributed by atoms with E-state index in [1.54, 1.807) is 42.5 Å². The van der Waals surface area contributed by atoms with Gasteiger partial charge in [0.1, 0.15) is 17.3 Å². The Balaban J connectivity index is 1.71. The smallest absolute Gasteiger partial charge is 0.295 e. The highest BCUT2D eigenvalue weighted by Gasteiger charge is 2.46. The molecule has 7 nitrogen and oxygen atoms in total. The van der Waals surface area contributed by atoms with Crippen LogP contribution in [-0.4, -0.2) is 72.1 Å². The molecule has 2 fully saturated rings. The number of rotatable bonds is 7. The molecule has 180 valence electrons. The lowest BCUT2D eigenvalue weighted by Gasteiger charge is -2.31. The largest absolute Gasteiger partial charge is 0.507 e. The van der Waals surface area contributed by atoms with E-state index in [0.29, 0.717) is 31.1 Å². The molecule has 2 aliphatic rings. The second kappa shape index (κ2) is 10.4. The van der Waals surface area contributed by atoms with E-state index in [4.69, 9.17) is 9.47 Å². The number of Topliss-reactive ketones (excluding diaryl/α,β-unsaturated/α-hetero) is 1. The number of hydrogen-bond donors (Lipinski definition) is 1. The topological polar surface area (TPSA) is 79.3 Å². The van der Waals surface area contributed by atoms with Gasteiger partial charge in [-0.25, -0.2) is 4.39 Å². The van der Waals surface area contributed by atoms with Crippen molar-refractivity contribution in [2.24, 2.45) is 0 Å². The highest BCUT2D eigenvalue weighted by molar-refractivity contribution is 6.46. The molecule has 2 aromatic carbocycles. The van der Waals surface area contributed by atoms with Crippen LogP contribution in [0, 0.1) is 5.82 Å². The number of carbonyl (C=O) groups is 2. The maximum atomic E-state index is 14.9. The number of halogens is 1. The van der Waals surface area contributed by atoms with Crippen LogP contribution in [0.1, 0.15) is 31.0 Å². The Morgan fingerprint density at radius 1 is 1.09 bits per heavy atom. The second-order valence-electron chi connectivity index (χ2n) is 8.66. The minimum absolute atomic E-state index is 0.0164. The van der Waals surface area contributed by atoms with Crippen LogP contribution in [0.5, 0.6) is 5.75 Å². The zero-order chi connectivity index (χ0) is 24.2. The first kappa shape index (κ1) is 23.9. The van der Waals surface area contributed by atoms with E-state index in [2.05, 4.69) is 4.90 Å². The van der Waals surface area contributed by atoms with Crippen molar-refractivity contribution in [1.29, 1.82) is 0 Å². The lowest BCUT2D eigenvalue weighted by Crippen LogP contribution is -2.42. The molecule has 0 aliphatic carbocycles. The average molecular weight is 469 g/mol. The molecule has 0 saturated carbocycles. The van der Waals surface area contributed by atoms with Gasteiger partial charge in [-0.1, -0.05) is 18.2 Å². The molecule has 2 aliphatic heterocycles. The number of likely N-dealkylation sites (tertiary alicyclic amines) is 1. The third-order valence-corrected chi connectivity index (χ3v) is 6.00. The van der Waals surface area contributed by atoms with Crippen LogP contribution in [-0.2, 0) is 14.3 Å². The number of ether oxygens (including phenoxy) is 2. The lowest BCUT2D eigenvalue weighted by atomic mass is 9.95. The van der Waals surface area contributed by atoms with E-state index in [9.17, 15) is 19.1 Å². The first-order valence-electron chi connectivity index (χ1n) is 11.5. The van der Waals surface area contributed by atoms with Crippen molar-refractivity contribution in [3.8, 4) is 5.75 Å². The summed E-state index contributed by atoms with van der Waals surface area (Å²) in [4.78, 5) is 29.6. The summed E-state index contributed by atoms with van der Waals surface area (Å²) in [6, 6.07) is 11.6. The highest BCUT2D eigenvalue weighted by Crippen LogP contribution is 2.40. The van der Waals surface area contributed by atoms with Gasteiger partial charge in [0.05, 0.1) is 30.9 Å². The molecule has 4 rings (SSSR count). The number of nitrogens with zero attached hydrogens (tertiary/aromatic N) is 2. The normalized spacial score (nSPS) is 20.8. The molecule has 0 radical (unpaired) electrons. The maximum absolute atomic E-state index is 14.9. The van der Waals surface area contributed by atoms with Gasteiger partial charge < -0.3 is 19.5 Å². The number of carbonyl (C=O) groups excluding carboxylic acids is 2. The van der Waals surface area contributed by atoms with Crippen molar-refractivity contribution in [1.82, 2.24) is 9.80 Å². The average Bonchev–Trinajstić information content (AvgIpc) is 3.08. The van der Waals surface area contributed by atoms with E-state index in [1.807, 2.05) is 13.8 Å². The zero-order valence-corrected chi connectivity index (χ0v) is 19.4. The van der Waals surface area contributed by atoms with Crippen molar-refractivity contribution in [2.75, 3.05) is 39.4 Å². The first-order chi connectivity index (χ1) is 16.4. The van der Waals surface area contributed by atoms with Crippen molar-refractivity contribution in [3.05, 3.63) is 71.0 Å². The van der Waals surface area contributed by atoms with Crippen LogP contribution in [0.2, 0.25) is 0 Å². The number of morpholine rings is 1. The van der Waals surface area contributed by atoms with Crippen molar-refractivity contribution >= 4 is 17.4 Å². The SMILES string of the molecule is CC(C)Oc1ccc(C(O)=C2C(=O)C(=O)N(CCN3CCOCC3)[C@H]2c2ccccc2F)cc1. The van der Waals surface area contributed by atoms with Gasteiger partial charge in [0.15, 0.2) is 0 Å². The first-order valence-corrected chi connectivity index (χ1v) is 11.5. The molecule has 8 heteroatoms. The van der Waals surface area contributed by atoms with E-state index >= 15 is 0 Å². The Morgan fingerprint density at radius 3 is 2.41 bits per heavy atom. The number of amides is 1. The molecule has 2 heterocycles. The minimum Gasteiger partial charge on any atom is -0.507 e. The number of hydrogen-bond acceptors (Lipinski definition) is 6. The van der Waals surface area contributed by atoms with E-state index in [-0.39, 0.29) is 29.5 Å². The zero-order valence-electron chi connectivity index (χ0n) is 19.4. The Morgan fingerprint density at radius 2 is 1.76 bits per heavy atom. The molecule has 0 unspecified atom stereocenters. The fraction of sp³-hybridized carbons (Fsp3) is 0.385. The highest BCUT2D eigenvalue weighted by atomic mass is 19.1. The molecule has 0 aromatic heterocycles. The standard InChI is InChI=1S/C26H29FN2O5/c1-17(2)34-19-9-7-18(8-10-19)24(30)22-23(20-5-3-4-6-21(20)27)29(26(32)25(22)31)12-11-28-13-15-33-16-14-28/h3-10,17,23,30H,11-16H2,1-2H3/t23-/m0/s1. The molecular formula is C26H29FN2O5. The number of benzene rings is 2. The predicted octanol–water partition coefficient (Wildman–Crippen LogP) is 3.37. The Bertz CT molecular complexity index is 1080. The number of aliphatic hydroxyl groups is 1. The maximum Gasteiger partial charge on any atom is 0.295 e. The lowest BCUT2D eigenvalue weighted by molar-refractivity contribution is -0.140. The third kappa shape index (κ3) is 4.98. The van der Waals surface area contributed by atoms with Crippen LogP contribution < -0.4 is 4.74 Å². The van der Waals surface area contributed by atoms with Gasteiger partial charge in [-0.05, 0) is 44.2 Å². The van der Waals surface area contributed by atoms with Gasteiger partial charge in [-0.15, -0.1) is 0 Å². The fourth-order valence-corrected chi connectivity index (χ4v) is 4.32. The van der Waals surface area contributed by atoms with Crippen LogP contribution in [0.3, 0.4) is 0 Å². The van der Waals surface area contributed by atoms with Gasteiger partial charge in [-0.3, -0.25) is 14.5 Å². The van der Waals surface area contributed by atoms with Gasteiger partial charge in [0.25, 0.3) is 11.7 Å². The fourth-order valence-electron chi connectivity index (χ4n) is 4.32. The summed E-state index contributed by atoms with van der Waals surface area (Å²) in [5, 5.41) is 11.1. The Labute approximate surface area is 198 Å². The number of aliphatic hydroxyl groups excluding tert-OH is 1. The minimum atomic E-state index is -1.02. The molecule has 34 heavy (non-hydrogen) atoms. The van der Waals surface area contributed by atoms with Crippen molar-refractivity contribution < 1.29 is 28.6 Å². The molecule has 2 saturated heterocycles. The van der Waals surface area contributed by atoms with Crippen LogP contribution in [0.25, 0.3) is 5.76 Å². The van der Waals surface area contributed by atoms with E-state index in [1.165, 1.54) is 11.0 Å². The monoisotopic (exact) mass is 468 g/mol. The van der Waals surface area contributed by atoms with Crippen molar-refractivity contribution in [3.63, 3.8) is 0 Å². The predicted molar refractivity (Wildman–Crippen MR) is 125 cm³/mol. The van der Waals surface area contributed by atoms with Crippen LogP contribution in [0.15, 0.2) is 54.1 Å². The third-order valence-electron chi connectivity index (χ3n) is 6.00. The van der Waals surface area contributed by atoms with E-state index in [0.717, 1.165) is 13.1 Å². The number of ketones is 1. The Hall–Kier alpha value is -3.23. The molecule has 1 N–H and O–H groups in total. The van der Waals surface area contributed by atoms with Gasteiger partial charge in [0, 0.05) is 37.3 Å². The quantitative estimate of drug-likeness (QED) is 0.381. The van der Waals surface area contributed by atoms with Gasteiger partial charge >= 0.3 is 0 Å². The summed E-state index contributed by atoms with van der Waals surface area (Å²) in [7, 11) is 0. The molecular weight excluding hydrogens is 439 g/mol. The van der Waals surface area contributed by atoms with E-state index < -0.39 is 23.5 Å². The molecule has 1 amide bonds. The van der Waals surface area contributed by atoms with Gasteiger partial charge in [-0.2, -0.15) is 0 Å². The second-order valence-corrected chi connectivity index (χ2v) is 8.66. The van der Waals surface area contributed by atoms with Crippen LogP contribution in [0.4, 0.5) is 4.39 Å². The summed E-state index contributed by atoms with van der Waals surface area (Å²) in [6.45, 7) is 7.20. The van der Waals surface area contributed by atoms with Crippen molar-refractivity contribution in [2.45, 2.75) is 26.0 Å². The summed E-state index contributed by atoms with van der Waals surface area (Å²) >= 11 is 0. The Kier molecular flexibility index (Phi) is 7.29. The summed E-state index contributed by atoms with van der Waals surface area (Å²) in [5.74, 6) is -1.84. The molecule has 0 bridgehead atoms. The summed E-state index contributed by atoms with van der Waals surface area (Å²) in [6.07, 6.45) is -0.0164.